The first-order valence-corrected chi connectivity index (χ1v) is 7.43. The third-order valence-electron chi connectivity index (χ3n) is 3.77. The molecule has 0 amide bonds. The number of aromatic nitrogens is 1. The monoisotopic (exact) mass is 308 g/mol. The van der Waals surface area contributed by atoms with Crippen LogP contribution in [0.3, 0.4) is 0 Å². The van der Waals surface area contributed by atoms with Gasteiger partial charge in [0.15, 0.2) is 17.4 Å². The van der Waals surface area contributed by atoms with Crippen LogP contribution in [0.2, 0.25) is 0 Å². The van der Waals surface area contributed by atoms with Gasteiger partial charge in [0, 0.05) is 18.2 Å². The zero-order chi connectivity index (χ0) is 15.4. The molecule has 118 valence electrons. The molecule has 22 heavy (non-hydrogen) atoms. The van der Waals surface area contributed by atoms with Crippen molar-refractivity contribution < 1.29 is 18.0 Å². The number of likely N-dealkylation sites (tertiary alicyclic amines) is 1. The Morgan fingerprint density at radius 2 is 1.95 bits per heavy atom. The highest BCUT2D eigenvalue weighted by atomic mass is 19.2. The van der Waals surface area contributed by atoms with Crippen molar-refractivity contribution in [1.29, 1.82) is 0 Å². The third-order valence-corrected chi connectivity index (χ3v) is 3.77. The van der Waals surface area contributed by atoms with Gasteiger partial charge in [-0.25, -0.2) is 8.78 Å². The number of hydrogen-bond acceptors (Lipinski definition) is 4. The van der Waals surface area contributed by atoms with Crippen molar-refractivity contribution in [3.05, 3.63) is 41.7 Å². The summed E-state index contributed by atoms with van der Waals surface area (Å²) >= 11 is 0. The summed E-state index contributed by atoms with van der Waals surface area (Å²) in [5.41, 5.74) is 0.947. The molecule has 1 fully saturated rings. The molecule has 1 saturated heterocycles. The number of rotatable bonds is 6. The van der Waals surface area contributed by atoms with Crippen LogP contribution in [-0.2, 0) is 11.3 Å². The van der Waals surface area contributed by atoms with Gasteiger partial charge in [-0.15, -0.1) is 0 Å². The van der Waals surface area contributed by atoms with Gasteiger partial charge < -0.3 is 14.2 Å². The minimum atomic E-state index is -0.899. The van der Waals surface area contributed by atoms with Crippen molar-refractivity contribution in [2.24, 2.45) is 0 Å². The first kappa shape index (κ1) is 15.1. The predicted molar refractivity (Wildman–Crippen MR) is 77.2 cm³/mol. The zero-order valence-electron chi connectivity index (χ0n) is 12.2. The fourth-order valence-corrected chi connectivity index (χ4v) is 2.55. The van der Waals surface area contributed by atoms with E-state index >= 15 is 0 Å². The molecule has 0 aliphatic carbocycles. The second-order valence-corrected chi connectivity index (χ2v) is 5.41. The van der Waals surface area contributed by atoms with Crippen LogP contribution in [0.25, 0.3) is 11.3 Å². The van der Waals surface area contributed by atoms with Crippen LogP contribution in [0.1, 0.15) is 18.6 Å². The molecule has 2 heterocycles. The normalized spacial score (nSPS) is 15.5. The average molecular weight is 308 g/mol. The summed E-state index contributed by atoms with van der Waals surface area (Å²) in [6, 6.07) is 5.33. The quantitative estimate of drug-likeness (QED) is 0.768. The average Bonchev–Trinajstić information content (AvgIpc) is 3.18. The lowest BCUT2D eigenvalue weighted by molar-refractivity contribution is 0.0837. The summed E-state index contributed by atoms with van der Waals surface area (Å²) < 4.78 is 36.8. The van der Waals surface area contributed by atoms with Crippen LogP contribution in [0, 0.1) is 11.6 Å². The van der Waals surface area contributed by atoms with Crippen LogP contribution in [-0.4, -0.2) is 36.3 Å². The maximum Gasteiger partial charge on any atom is 0.163 e. The van der Waals surface area contributed by atoms with E-state index in [1.165, 1.54) is 18.9 Å². The van der Waals surface area contributed by atoms with Gasteiger partial charge in [0.2, 0.25) is 0 Å². The molecule has 1 aromatic heterocycles. The number of benzene rings is 1. The van der Waals surface area contributed by atoms with Crippen LogP contribution < -0.4 is 0 Å². The van der Waals surface area contributed by atoms with E-state index in [2.05, 4.69) is 10.1 Å². The summed E-state index contributed by atoms with van der Waals surface area (Å²) in [6.07, 6.45) is 2.53. The number of ether oxygens (including phenoxy) is 1. The summed E-state index contributed by atoms with van der Waals surface area (Å²) in [7, 11) is 0. The highest BCUT2D eigenvalue weighted by molar-refractivity contribution is 5.58. The molecule has 6 heteroatoms. The van der Waals surface area contributed by atoms with Gasteiger partial charge in [0.05, 0.1) is 6.61 Å². The highest BCUT2D eigenvalue weighted by Crippen LogP contribution is 2.21. The minimum Gasteiger partial charge on any atom is -0.372 e. The van der Waals surface area contributed by atoms with Crippen LogP contribution in [0.4, 0.5) is 8.78 Å². The van der Waals surface area contributed by atoms with E-state index < -0.39 is 11.6 Å². The molecule has 3 rings (SSSR count). The van der Waals surface area contributed by atoms with Gasteiger partial charge >= 0.3 is 0 Å². The van der Waals surface area contributed by atoms with E-state index in [0.717, 1.165) is 31.8 Å². The van der Waals surface area contributed by atoms with Gasteiger partial charge in [-0.3, -0.25) is 0 Å². The SMILES string of the molecule is Fc1ccc(-c2cc(COCCN3CCCC3)on2)cc1F. The lowest BCUT2D eigenvalue weighted by atomic mass is 10.1. The summed E-state index contributed by atoms with van der Waals surface area (Å²) in [5.74, 6) is -1.21. The van der Waals surface area contributed by atoms with E-state index in [0.29, 0.717) is 30.2 Å². The molecule has 1 aromatic carbocycles. The fraction of sp³-hybridized carbons (Fsp3) is 0.438. The highest BCUT2D eigenvalue weighted by Gasteiger charge is 2.12. The van der Waals surface area contributed by atoms with Crippen molar-refractivity contribution in [2.45, 2.75) is 19.4 Å². The van der Waals surface area contributed by atoms with Crippen molar-refractivity contribution in [3.63, 3.8) is 0 Å². The Labute approximate surface area is 127 Å². The van der Waals surface area contributed by atoms with Gasteiger partial charge in [-0.1, -0.05) is 5.16 Å². The van der Waals surface area contributed by atoms with E-state index in [4.69, 9.17) is 9.26 Å². The molecule has 1 aliphatic rings. The molecule has 4 nitrogen and oxygen atoms in total. The fourth-order valence-electron chi connectivity index (χ4n) is 2.55. The maximum atomic E-state index is 13.2. The van der Waals surface area contributed by atoms with Crippen LogP contribution in [0.15, 0.2) is 28.8 Å². The summed E-state index contributed by atoms with van der Waals surface area (Å²) in [5, 5.41) is 3.86. The molecule has 0 atom stereocenters. The van der Waals surface area contributed by atoms with Crippen molar-refractivity contribution >= 4 is 0 Å². The van der Waals surface area contributed by atoms with Gasteiger partial charge in [0.25, 0.3) is 0 Å². The number of halogens is 2. The Balaban J connectivity index is 1.51. The first-order valence-electron chi connectivity index (χ1n) is 7.43. The summed E-state index contributed by atoms with van der Waals surface area (Å²) in [6.45, 7) is 4.17. The molecular formula is C16H18F2N2O2. The molecule has 0 radical (unpaired) electrons. The van der Waals surface area contributed by atoms with Crippen LogP contribution >= 0.6 is 0 Å². The molecule has 0 bridgehead atoms. The summed E-state index contributed by atoms with van der Waals surface area (Å²) in [4.78, 5) is 2.37. The van der Waals surface area contributed by atoms with Gasteiger partial charge in [-0.05, 0) is 44.1 Å². The Hall–Kier alpha value is -1.79. The van der Waals surface area contributed by atoms with E-state index in [-0.39, 0.29) is 0 Å². The molecule has 1 aliphatic heterocycles. The Morgan fingerprint density at radius 3 is 2.73 bits per heavy atom. The molecule has 0 unspecified atom stereocenters. The molecule has 0 N–H and O–H groups in total. The first-order chi connectivity index (χ1) is 10.7. The van der Waals surface area contributed by atoms with E-state index in [9.17, 15) is 8.78 Å². The zero-order valence-corrected chi connectivity index (χ0v) is 12.2. The molecule has 2 aromatic rings. The Bertz CT molecular complexity index is 624. The number of hydrogen-bond donors (Lipinski definition) is 0. The second-order valence-electron chi connectivity index (χ2n) is 5.41. The molecule has 0 saturated carbocycles. The predicted octanol–water partition coefficient (Wildman–Crippen LogP) is 3.23. The Kier molecular flexibility index (Phi) is 4.80. The Morgan fingerprint density at radius 1 is 1.14 bits per heavy atom. The standard InChI is InChI=1S/C16H18F2N2O2/c17-14-4-3-12(9-15(14)18)16-10-13(22-19-16)11-21-8-7-20-5-1-2-6-20/h3-4,9-10H,1-2,5-8,11H2. The smallest absolute Gasteiger partial charge is 0.163 e. The topological polar surface area (TPSA) is 38.5 Å². The largest absolute Gasteiger partial charge is 0.372 e. The minimum absolute atomic E-state index is 0.324. The second kappa shape index (κ2) is 6.98. The van der Waals surface area contributed by atoms with E-state index in [1.807, 2.05) is 0 Å². The van der Waals surface area contributed by atoms with Crippen molar-refractivity contribution in [2.75, 3.05) is 26.2 Å². The lowest BCUT2D eigenvalue weighted by Crippen LogP contribution is -2.23. The maximum absolute atomic E-state index is 13.2. The molecule has 0 spiro atoms. The van der Waals surface area contributed by atoms with Crippen molar-refractivity contribution in [3.8, 4) is 11.3 Å². The van der Waals surface area contributed by atoms with Gasteiger partial charge in [-0.2, -0.15) is 0 Å². The van der Waals surface area contributed by atoms with Gasteiger partial charge in [0.1, 0.15) is 12.3 Å². The third kappa shape index (κ3) is 3.69. The lowest BCUT2D eigenvalue weighted by Gasteiger charge is -2.13. The number of nitrogens with zero attached hydrogens (tertiary/aromatic N) is 2. The van der Waals surface area contributed by atoms with E-state index in [1.54, 1.807) is 6.07 Å². The molecular weight excluding hydrogens is 290 g/mol. The van der Waals surface area contributed by atoms with Crippen LogP contribution in [0.5, 0.6) is 0 Å². The van der Waals surface area contributed by atoms with Crippen molar-refractivity contribution in [1.82, 2.24) is 10.1 Å².